The van der Waals surface area contributed by atoms with Crippen molar-refractivity contribution in [3.63, 3.8) is 0 Å². The Balaban J connectivity index is 1.68. The van der Waals surface area contributed by atoms with Crippen LogP contribution < -0.4 is 10.1 Å². The van der Waals surface area contributed by atoms with Crippen molar-refractivity contribution >= 4 is 52.7 Å². The Bertz CT molecular complexity index is 946. The largest absolute Gasteiger partial charge is 0.487 e. The Labute approximate surface area is 176 Å². The van der Waals surface area contributed by atoms with Crippen molar-refractivity contribution in [1.29, 1.82) is 0 Å². The average molecular weight is 436 g/mol. The number of ether oxygens (including phenoxy) is 1. The van der Waals surface area contributed by atoms with Gasteiger partial charge >= 0.3 is 5.97 Å². The number of anilines is 1. The Hall–Kier alpha value is -2.09. The third-order valence-corrected chi connectivity index (χ3v) is 6.69. The molecule has 2 N–H and O–H groups in total. The average Bonchev–Trinajstić information content (AvgIpc) is 2.67. The van der Waals surface area contributed by atoms with Gasteiger partial charge in [0, 0.05) is 17.2 Å². The lowest BCUT2D eigenvalue weighted by Crippen LogP contribution is -2.19. The molecule has 0 bridgehead atoms. The molecule has 3 rings (SSSR count). The molecule has 28 heavy (non-hydrogen) atoms. The molecule has 1 amide bonds. The van der Waals surface area contributed by atoms with Crippen LogP contribution in [0.2, 0.25) is 5.02 Å². The molecule has 0 fully saturated rings. The highest BCUT2D eigenvalue weighted by Crippen LogP contribution is 2.35. The van der Waals surface area contributed by atoms with Crippen molar-refractivity contribution in [3.05, 3.63) is 68.4 Å². The van der Waals surface area contributed by atoms with Crippen LogP contribution in [0.5, 0.6) is 5.75 Å². The fourth-order valence-electron chi connectivity index (χ4n) is 2.59. The zero-order chi connectivity index (χ0) is 20.1. The van der Waals surface area contributed by atoms with Crippen LogP contribution in [-0.4, -0.2) is 28.5 Å². The molecule has 8 heteroatoms. The van der Waals surface area contributed by atoms with Crippen molar-refractivity contribution in [2.45, 2.75) is 13.5 Å². The molecule has 5 nitrogen and oxygen atoms in total. The lowest BCUT2D eigenvalue weighted by Gasteiger charge is -2.16. The minimum absolute atomic E-state index is 0.0814. The molecule has 0 radical (unpaired) electrons. The van der Waals surface area contributed by atoms with E-state index >= 15 is 0 Å². The quantitative estimate of drug-likeness (QED) is 0.669. The standard InChI is InChI=1S/C20H18ClNO4S2/c1-12-3-2-4-13(9-12)11-26-16-6-5-14(10-15(16)21)22-19(23)17-18(20(24)25)28-8-7-27-17/h2-6,9-10H,7-8,11H2,1H3,(H,22,23)(H,24,25). The van der Waals surface area contributed by atoms with Gasteiger partial charge in [-0.2, -0.15) is 0 Å². The molecular formula is C20H18ClNO4S2. The Morgan fingerprint density at radius 2 is 1.89 bits per heavy atom. The molecule has 0 saturated carbocycles. The second-order valence-corrected chi connectivity index (χ2v) is 8.65. The number of aliphatic carboxylic acids is 1. The van der Waals surface area contributed by atoms with Gasteiger partial charge in [0.15, 0.2) is 0 Å². The van der Waals surface area contributed by atoms with E-state index in [0.29, 0.717) is 34.6 Å². The molecule has 1 heterocycles. The lowest BCUT2D eigenvalue weighted by atomic mass is 10.1. The van der Waals surface area contributed by atoms with Gasteiger partial charge in [0.1, 0.15) is 17.3 Å². The van der Waals surface area contributed by atoms with E-state index in [2.05, 4.69) is 5.32 Å². The number of halogens is 1. The monoisotopic (exact) mass is 435 g/mol. The maximum absolute atomic E-state index is 12.5. The summed E-state index contributed by atoms with van der Waals surface area (Å²) in [6.45, 7) is 2.40. The molecule has 2 aromatic rings. The number of hydrogen-bond donors (Lipinski definition) is 2. The van der Waals surface area contributed by atoms with Crippen LogP contribution in [0.4, 0.5) is 5.69 Å². The topological polar surface area (TPSA) is 75.6 Å². The second kappa shape index (κ2) is 9.41. The SMILES string of the molecule is Cc1cccc(COc2ccc(NC(=O)C3=C(C(=O)O)SCCS3)cc2Cl)c1. The molecule has 146 valence electrons. The first-order valence-electron chi connectivity index (χ1n) is 8.46. The zero-order valence-corrected chi connectivity index (χ0v) is 17.4. The Kier molecular flexibility index (Phi) is 6.93. The second-order valence-electron chi connectivity index (χ2n) is 6.04. The maximum Gasteiger partial charge on any atom is 0.343 e. The highest BCUT2D eigenvalue weighted by Gasteiger charge is 2.25. The van der Waals surface area contributed by atoms with E-state index in [1.54, 1.807) is 18.2 Å². The number of amides is 1. The molecule has 0 saturated heterocycles. The summed E-state index contributed by atoms with van der Waals surface area (Å²) in [4.78, 5) is 24.1. The first-order valence-corrected chi connectivity index (χ1v) is 10.8. The highest BCUT2D eigenvalue weighted by molar-refractivity contribution is 8.11. The number of rotatable bonds is 6. The smallest absolute Gasteiger partial charge is 0.343 e. The van der Waals surface area contributed by atoms with Crippen molar-refractivity contribution in [2.24, 2.45) is 0 Å². The van der Waals surface area contributed by atoms with E-state index in [0.717, 1.165) is 11.1 Å². The fraction of sp³-hybridized carbons (Fsp3) is 0.200. The van der Waals surface area contributed by atoms with Crippen LogP contribution in [0.3, 0.4) is 0 Å². The summed E-state index contributed by atoms with van der Waals surface area (Å²) in [6, 6.07) is 12.9. The van der Waals surface area contributed by atoms with Gasteiger partial charge in [0.25, 0.3) is 5.91 Å². The highest BCUT2D eigenvalue weighted by atomic mass is 35.5. The number of benzene rings is 2. The van der Waals surface area contributed by atoms with Gasteiger partial charge in [-0.05, 0) is 30.7 Å². The molecule has 1 aliphatic heterocycles. The first kappa shape index (κ1) is 20.6. The number of carboxylic acids is 1. The van der Waals surface area contributed by atoms with Crippen molar-refractivity contribution in [1.82, 2.24) is 0 Å². The van der Waals surface area contributed by atoms with Gasteiger partial charge < -0.3 is 15.2 Å². The van der Waals surface area contributed by atoms with Gasteiger partial charge in [-0.15, -0.1) is 23.5 Å². The number of thioether (sulfide) groups is 2. The third-order valence-electron chi connectivity index (χ3n) is 3.85. The van der Waals surface area contributed by atoms with Crippen LogP contribution in [0, 0.1) is 6.92 Å². The molecule has 2 aromatic carbocycles. The fourth-order valence-corrected chi connectivity index (χ4v) is 5.00. The predicted octanol–water partition coefficient (Wildman–Crippen LogP) is 4.94. The van der Waals surface area contributed by atoms with Gasteiger partial charge in [-0.3, -0.25) is 4.79 Å². The molecule has 0 spiro atoms. The number of nitrogens with one attached hydrogen (secondary N) is 1. The Morgan fingerprint density at radius 3 is 2.57 bits per heavy atom. The summed E-state index contributed by atoms with van der Waals surface area (Å²) in [5.41, 5.74) is 2.67. The van der Waals surface area contributed by atoms with Gasteiger partial charge in [0.05, 0.1) is 9.93 Å². The normalized spacial score (nSPS) is 13.9. The van der Waals surface area contributed by atoms with Crippen molar-refractivity contribution < 1.29 is 19.4 Å². The van der Waals surface area contributed by atoms with E-state index in [-0.39, 0.29) is 9.81 Å². The summed E-state index contributed by atoms with van der Waals surface area (Å²) < 4.78 is 5.76. The van der Waals surface area contributed by atoms with Crippen LogP contribution in [0.25, 0.3) is 0 Å². The summed E-state index contributed by atoms with van der Waals surface area (Å²) in [7, 11) is 0. The number of carbonyl (C=O) groups excluding carboxylic acids is 1. The Morgan fingerprint density at radius 1 is 1.14 bits per heavy atom. The van der Waals surface area contributed by atoms with E-state index in [4.69, 9.17) is 16.3 Å². The van der Waals surface area contributed by atoms with Gasteiger partial charge in [-0.25, -0.2) is 4.79 Å². The summed E-state index contributed by atoms with van der Waals surface area (Å²) >= 11 is 8.71. The van der Waals surface area contributed by atoms with E-state index in [1.807, 2.05) is 31.2 Å². The van der Waals surface area contributed by atoms with Crippen molar-refractivity contribution in [3.8, 4) is 5.75 Å². The molecule has 0 aliphatic carbocycles. The summed E-state index contributed by atoms with van der Waals surface area (Å²) in [5, 5.41) is 12.3. The minimum atomic E-state index is -1.08. The van der Waals surface area contributed by atoms with Gasteiger partial charge in [0.2, 0.25) is 0 Å². The van der Waals surface area contributed by atoms with Gasteiger partial charge in [-0.1, -0.05) is 41.4 Å². The van der Waals surface area contributed by atoms with Crippen molar-refractivity contribution in [2.75, 3.05) is 16.8 Å². The van der Waals surface area contributed by atoms with Crippen LogP contribution in [0.15, 0.2) is 52.3 Å². The molecule has 1 aliphatic rings. The number of aryl methyl sites for hydroxylation is 1. The third kappa shape index (κ3) is 5.25. The number of hydrogen-bond acceptors (Lipinski definition) is 5. The predicted molar refractivity (Wildman–Crippen MR) is 115 cm³/mol. The number of carboxylic acid groups (broad SMARTS) is 1. The number of carbonyl (C=O) groups is 2. The van der Waals surface area contributed by atoms with Crippen LogP contribution in [-0.2, 0) is 16.2 Å². The summed E-state index contributed by atoms with van der Waals surface area (Å²) in [6.07, 6.45) is 0. The van der Waals surface area contributed by atoms with E-state index in [1.165, 1.54) is 23.5 Å². The molecular weight excluding hydrogens is 418 g/mol. The van der Waals surface area contributed by atoms with E-state index in [9.17, 15) is 14.7 Å². The minimum Gasteiger partial charge on any atom is -0.487 e. The van der Waals surface area contributed by atoms with E-state index < -0.39 is 11.9 Å². The lowest BCUT2D eigenvalue weighted by molar-refractivity contribution is -0.132. The van der Waals surface area contributed by atoms with Crippen LogP contribution >= 0.6 is 35.1 Å². The zero-order valence-electron chi connectivity index (χ0n) is 15.0. The first-order chi connectivity index (χ1) is 13.4. The molecule has 0 unspecified atom stereocenters. The molecule has 0 atom stereocenters. The molecule has 0 aromatic heterocycles. The summed E-state index contributed by atoms with van der Waals surface area (Å²) in [5.74, 6) is 0.340. The maximum atomic E-state index is 12.5. The van der Waals surface area contributed by atoms with Crippen LogP contribution in [0.1, 0.15) is 11.1 Å².